The molecular weight excluding hydrogens is 439 g/mol. The predicted octanol–water partition coefficient (Wildman–Crippen LogP) is 4.73. The third-order valence-corrected chi connectivity index (χ3v) is 3.98. The van der Waals surface area contributed by atoms with Crippen LogP contribution in [0.2, 0.25) is 0 Å². The Kier molecular flexibility index (Phi) is 4.80. The molecule has 0 radical (unpaired) electrons. The Hall–Kier alpha value is 0.580. The predicted molar refractivity (Wildman–Crippen MR) is 69.9 cm³/mol. The van der Waals surface area contributed by atoms with Gasteiger partial charge < -0.3 is 0 Å². The number of halogens is 5. The Morgan fingerprint density at radius 3 is 1.53 bits per heavy atom. The molecule has 15 heavy (non-hydrogen) atoms. The van der Waals surface area contributed by atoms with E-state index >= 15 is 0 Å². The minimum Gasteiger partial charge on any atom is -0.276 e. The summed E-state index contributed by atoms with van der Waals surface area (Å²) in [5, 5.41) is -1.36. The van der Waals surface area contributed by atoms with E-state index in [0.717, 1.165) is 0 Å². The molecular formula is C8HBr3Cl2O2. The molecule has 0 N–H and O–H groups in total. The van der Waals surface area contributed by atoms with Crippen molar-refractivity contribution in [3.8, 4) is 0 Å². The Balaban J connectivity index is 3.64. The number of rotatable bonds is 2. The average Bonchev–Trinajstić information content (AvgIpc) is 1.99. The van der Waals surface area contributed by atoms with E-state index < -0.39 is 10.5 Å². The van der Waals surface area contributed by atoms with Crippen LogP contribution in [0.1, 0.15) is 20.7 Å². The fraction of sp³-hybridized carbons (Fsp3) is 0. The van der Waals surface area contributed by atoms with Gasteiger partial charge in [-0.05, 0) is 77.1 Å². The highest BCUT2D eigenvalue weighted by Crippen LogP contribution is 2.36. The molecule has 0 unspecified atom stereocenters. The van der Waals surface area contributed by atoms with Crippen molar-refractivity contribution in [2.45, 2.75) is 0 Å². The van der Waals surface area contributed by atoms with Gasteiger partial charge >= 0.3 is 0 Å². The lowest BCUT2D eigenvalue weighted by atomic mass is 10.1. The van der Waals surface area contributed by atoms with Crippen molar-refractivity contribution in [2.75, 3.05) is 0 Å². The third-order valence-electron chi connectivity index (χ3n) is 1.56. The standard InChI is InChI=1S/C8HBr3Cl2O2/c9-2-1-3(10)5(8(13)15)6(11)4(2)7(12)14/h1H. The molecule has 7 heteroatoms. The summed E-state index contributed by atoms with van der Waals surface area (Å²) >= 11 is 20.2. The lowest BCUT2D eigenvalue weighted by Crippen LogP contribution is -2.01. The van der Waals surface area contributed by atoms with Crippen LogP contribution >= 0.6 is 71.0 Å². The molecule has 0 heterocycles. The van der Waals surface area contributed by atoms with Crippen LogP contribution < -0.4 is 0 Å². The second-order valence-corrected chi connectivity index (χ2v) is 5.64. The van der Waals surface area contributed by atoms with Gasteiger partial charge in [0.1, 0.15) is 0 Å². The van der Waals surface area contributed by atoms with Crippen LogP contribution in [0.4, 0.5) is 0 Å². The van der Waals surface area contributed by atoms with Crippen molar-refractivity contribution >= 4 is 81.5 Å². The maximum atomic E-state index is 11.1. The monoisotopic (exact) mass is 436 g/mol. The van der Waals surface area contributed by atoms with Gasteiger partial charge in [0.15, 0.2) is 0 Å². The minimum absolute atomic E-state index is 0.170. The lowest BCUT2D eigenvalue weighted by molar-refractivity contribution is 0.107. The maximum absolute atomic E-state index is 11.1. The summed E-state index contributed by atoms with van der Waals surface area (Å²) in [6, 6.07) is 1.54. The molecule has 0 amide bonds. The molecule has 0 atom stereocenters. The molecule has 1 aromatic rings. The van der Waals surface area contributed by atoms with Crippen LogP contribution in [0.15, 0.2) is 19.5 Å². The average molecular weight is 440 g/mol. The molecule has 0 fully saturated rings. The van der Waals surface area contributed by atoms with Gasteiger partial charge in [0.25, 0.3) is 10.5 Å². The summed E-state index contributed by atoms with van der Waals surface area (Å²) in [6.07, 6.45) is 0. The first-order chi connectivity index (χ1) is 6.86. The second-order valence-electron chi connectivity index (χ2n) is 2.45. The van der Waals surface area contributed by atoms with Crippen molar-refractivity contribution in [3.05, 3.63) is 30.6 Å². The highest BCUT2D eigenvalue weighted by atomic mass is 79.9. The van der Waals surface area contributed by atoms with Crippen molar-refractivity contribution in [1.82, 2.24) is 0 Å². The molecule has 0 bridgehead atoms. The number of hydrogen-bond donors (Lipinski definition) is 0. The fourth-order valence-electron chi connectivity index (χ4n) is 0.951. The third kappa shape index (κ3) is 2.82. The number of carbonyl (C=O) groups is 2. The summed E-state index contributed by atoms with van der Waals surface area (Å²) < 4.78 is 1.22. The normalized spacial score (nSPS) is 10.2. The quantitative estimate of drug-likeness (QED) is 0.624. The van der Waals surface area contributed by atoms with Crippen LogP contribution in [-0.2, 0) is 0 Å². The topological polar surface area (TPSA) is 34.1 Å². The first-order valence-electron chi connectivity index (χ1n) is 3.43. The molecule has 0 aromatic heterocycles. The second kappa shape index (κ2) is 5.27. The molecule has 0 aliphatic carbocycles. The molecule has 0 aliphatic rings. The maximum Gasteiger partial charge on any atom is 0.254 e. The van der Waals surface area contributed by atoms with Crippen molar-refractivity contribution in [3.63, 3.8) is 0 Å². The van der Waals surface area contributed by atoms with Gasteiger partial charge in [-0.25, -0.2) is 0 Å². The first kappa shape index (κ1) is 13.6. The van der Waals surface area contributed by atoms with Crippen LogP contribution in [0.25, 0.3) is 0 Å². The molecule has 0 spiro atoms. The molecule has 0 saturated carbocycles. The largest absolute Gasteiger partial charge is 0.276 e. The van der Waals surface area contributed by atoms with E-state index in [1.807, 2.05) is 0 Å². The van der Waals surface area contributed by atoms with Gasteiger partial charge in [0.2, 0.25) is 0 Å². The zero-order valence-electron chi connectivity index (χ0n) is 6.78. The summed E-state index contributed by atoms with van der Waals surface area (Å²) in [6.45, 7) is 0. The van der Waals surface area contributed by atoms with Crippen LogP contribution in [0.5, 0.6) is 0 Å². The molecule has 0 aliphatic heterocycles. The number of benzene rings is 1. The van der Waals surface area contributed by atoms with Crippen molar-refractivity contribution in [2.24, 2.45) is 0 Å². The highest BCUT2D eigenvalue weighted by molar-refractivity contribution is 9.11. The Bertz CT molecular complexity index is 421. The van der Waals surface area contributed by atoms with E-state index in [1.54, 1.807) is 0 Å². The van der Waals surface area contributed by atoms with Gasteiger partial charge in [-0.2, -0.15) is 0 Å². The van der Waals surface area contributed by atoms with E-state index in [2.05, 4.69) is 47.8 Å². The van der Waals surface area contributed by atoms with Gasteiger partial charge in [-0.3, -0.25) is 9.59 Å². The zero-order valence-corrected chi connectivity index (χ0v) is 13.1. The van der Waals surface area contributed by atoms with E-state index in [-0.39, 0.29) is 15.6 Å². The Labute approximate surface area is 121 Å². The van der Waals surface area contributed by atoms with E-state index in [4.69, 9.17) is 23.2 Å². The van der Waals surface area contributed by atoms with Crippen molar-refractivity contribution < 1.29 is 9.59 Å². The van der Waals surface area contributed by atoms with Crippen LogP contribution in [-0.4, -0.2) is 10.5 Å². The highest BCUT2D eigenvalue weighted by Gasteiger charge is 2.21. The summed E-state index contributed by atoms with van der Waals surface area (Å²) in [7, 11) is 0. The van der Waals surface area contributed by atoms with Gasteiger partial charge in [-0.15, -0.1) is 0 Å². The van der Waals surface area contributed by atoms with E-state index in [0.29, 0.717) is 8.95 Å². The minimum atomic E-state index is -0.680. The fourth-order valence-corrected chi connectivity index (χ4v) is 4.64. The van der Waals surface area contributed by atoms with Gasteiger partial charge in [-0.1, -0.05) is 0 Å². The SMILES string of the molecule is O=C(Cl)c1c(Br)cc(Br)c(C(=O)Cl)c1Br. The Morgan fingerprint density at radius 1 is 0.933 bits per heavy atom. The molecule has 80 valence electrons. The van der Waals surface area contributed by atoms with Gasteiger partial charge in [0, 0.05) is 13.4 Å². The number of hydrogen-bond acceptors (Lipinski definition) is 2. The van der Waals surface area contributed by atoms with Crippen LogP contribution in [0, 0.1) is 0 Å². The molecule has 1 aromatic carbocycles. The van der Waals surface area contributed by atoms with E-state index in [9.17, 15) is 9.59 Å². The van der Waals surface area contributed by atoms with E-state index in [1.165, 1.54) is 6.07 Å². The lowest BCUT2D eigenvalue weighted by Gasteiger charge is -2.08. The molecule has 2 nitrogen and oxygen atoms in total. The summed E-state index contributed by atoms with van der Waals surface area (Å²) in [5.74, 6) is 0. The molecule has 1 rings (SSSR count). The van der Waals surface area contributed by atoms with Crippen molar-refractivity contribution in [1.29, 1.82) is 0 Å². The molecule has 0 saturated heterocycles. The summed E-state index contributed by atoms with van der Waals surface area (Å²) in [4.78, 5) is 22.2. The van der Waals surface area contributed by atoms with Crippen LogP contribution in [0.3, 0.4) is 0 Å². The smallest absolute Gasteiger partial charge is 0.254 e. The van der Waals surface area contributed by atoms with Gasteiger partial charge in [0.05, 0.1) is 11.1 Å². The first-order valence-corrected chi connectivity index (χ1v) is 6.57. The summed E-state index contributed by atoms with van der Waals surface area (Å²) in [5.41, 5.74) is 0.340. The number of carbonyl (C=O) groups excluding carboxylic acids is 2. The zero-order chi connectivity index (χ0) is 11.7. The Morgan fingerprint density at radius 2 is 1.27 bits per heavy atom.